The molecular formula is C12H20N2O. The normalized spacial score (nSPS) is 20.4. The van der Waals surface area contributed by atoms with Crippen LogP contribution < -0.4 is 5.73 Å². The van der Waals surface area contributed by atoms with Crippen LogP contribution in [-0.4, -0.2) is 18.0 Å². The number of likely N-dealkylation sites (tertiary alicyclic amines) is 1. The van der Waals surface area contributed by atoms with Crippen molar-refractivity contribution in [1.29, 1.82) is 0 Å². The molecule has 2 N–H and O–H groups in total. The van der Waals surface area contributed by atoms with Gasteiger partial charge in [0.25, 0.3) is 0 Å². The first-order valence-electron chi connectivity index (χ1n) is 5.84. The maximum Gasteiger partial charge on any atom is 0.121 e. The Morgan fingerprint density at radius 1 is 1.33 bits per heavy atom. The van der Waals surface area contributed by atoms with E-state index in [1.54, 1.807) is 0 Å². The van der Waals surface area contributed by atoms with Crippen LogP contribution in [0.25, 0.3) is 0 Å². The molecule has 0 amide bonds. The molecule has 1 aromatic heterocycles. The van der Waals surface area contributed by atoms with Crippen molar-refractivity contribution in [2.24, 2.45) is 5.73 Å². The summed E-state index contributed by atoms with van der Waals surface area (Å²) < 4.78 is 5.68. The van der Waals surface area contributed by atoms with Gasteiger partial charge in [0.2, 0.25) is 0 Å². The van der Waals surface area contributed by atoms with Crippen molar-refractivity contribution in [3.05, 3.63) is 23.7 Å². The van der Waals surface area contributed by atoms with Gasteiger partial charge >= 0.3 is 0 Å². The Hall–Kier alpha value is -0.800. The van der Waals surface area contributed by atoms with Crippen LogP contribution in [0.5, 0.6) is 0 Å². The first-order chi connectivity index (χ1) is 7.31. The number of nitrogens with two attached hydrogens (primary N) is 1. The zero-order chi connectivity index (χ0) is 10.7. The Bertz CT molecular complexity index is 302. The molecule has 0 bridgehead atoms. The summed E-state index contributed by atoms with van der Waals surface area (Å²) in [5.41, 5.74) is 5.53. The van der Waals surface area contributed by atoms with Gasteiger partial charge in [-0.25, -0.2) is 0 Å². The highest BCUT2D eigenvalue weighted by Gasteiger charge is 2.20. The monoisotopic (exact) mass is 208 g/mol. The highest BCUT2D eigenvalue weighted by molar-refractivity contribution is 5.10. The number of hydrogen-bond donors (Lipinski definition) is 1. The molecule has 3 heteroatoms. The zero-order valence-electron chi connectivity index (χ0n) is 9.41. The summed E-state index contributed by atoms with van der Waals surface area (Å²) in [6, 6.07) is 4.43. The molecular weight excluding hydrogens is 188 g/mol. The smallest absolute Gasteiger partial charge is 0.121 e. The Morgan fingerprint density at radius 2 is 2.07 bits per heavy atom. The average molecular weight is 208 g/mol. The number of piperidine rings is 1. The maximum atomic E-state index is 5.68. The molecule has 1 aromatic rings. The second-order valence-electron chi connectivity index (χ2n) is 4.28. The van der Waals surface area contributed by atoms with Crippen LogP contribution in [0.4, 0.5) is 0 Å². The van der Waals surface area contributed by atoms with E-state index < -0.39 is 0 Å². The van der Waals surface area contributed by atoms with Crippen LogP contribution in [0.1, 0.15) is 43.7 Å². The minimum Gasteiger partial charge on any atom is -0.463 e. The van der Waals surface area contributed by atoms with Crippen molar-refractivity contribution in [3.8, 4) is 0 Å². The molecule has 1 aliphatic heterocycles. The van der Waals surface area contributed by atoms with E-state index in [1.807, 2.05) is 6.07 Å². The van der Waals surface area contributed by atoms with Gasteiger partial charge in [-0.15, -0.1) is 0 Å². The van der Waals surface area contributed by atoms with Crippen LogP contribution in [0.15, 0.2) is 16.5 Å². The van der Waals surface area contributed by atoms with Gasteiger partial charge in [-0.05, 0) is 45.0 Å². The number of nitrogens with zero attached hydrogens (tertiary/aromatic N) is 1. The minimum absolute atomic E-state index is 0.394. The standard InChI is InChI=1S/C12H20N2O/c1-10(14-7-3-2-4-8-14)12-6-5-11(9-13)15-12/h5-6,10H,2-4,7-9,13H2,1H3. The lowest BCUT2D eigenvalue weighted by molar-refractivity contribution is 0.156. The van der Waals surface area contributed by atoms with Crippen molar-refractivity contribution < 1.29 is 4.42 Å². The lowest BCUT2D eigenvalue weighted by atomic mass is 10.1. The number of rotatable bonds is 3. The largest absolute Gasteiger partial charge is 0.463 e. The van der Waals surface area contributed by atoms with Crippen molar-refractivity contribution in [3.63, 3.8) is 0 Å². The van der Waals surface area contributed by atoms with E-state index in [4.69, 9.17) is 10.2 Å². The Labute approximate surface area is 91.2 Å². The summed E-state index contributed by atoms with van der Waals surface area (Å²) in [6.07, 6.45) is 4.00. The van der Waals surface area contributed by atoms with Gasteiger partial charge in [-0.1, -0.05) is 6.42 Å². The van der Waals surface area contributed by atoms with Gasteiger partial charge in [0.1, 0.15) is 11.5 Å². The summed E-state index contributed by atoms with van der Waals surface area (Å²) in [6.45, 7) is 5.09. The number of hydrogen-bond acceptors (Lipinski definition) is 3. The Kier molecular flexibility index (Phi) is 3.44. The van der Waals surface area contributed by atoms with Crippen molar-refractivity contribution in [2.45, 2.75) is 38.8 Å². The predicted molar refractivity (Wildman–Crippen MR) is 60.4 cm³/mol. The summed E-state index contributed by atoms with van der Waals surface area (Å²) in [7, 11) is 0. The Morgan fingerprint density at radius 3 is 2.67 bits per heavy atom. The molecule has 0 aliphatic carbocycles. The zero-order valence-corrected chi connectivity index (χ0v) is 9.41. The van der Waals surface area contributed by atoms with Gasteiger partial charge in [0.05, 0.1) is 12.6 Å². The molecule has 0 spiro atoms. The predicted octanol–water partition coefficient (Wildman–Crippen LogP) is 2.29. The topological polar surface area (TPSA) is 42.4 Å². The molecule has 2 heterocycles. The molecule has 84 valence electrons. The second-order valence-corrected chi connectivity index (χ2v) is 4.28. The molecule has 1 atom stereocenters. The molecule has 15 heavy (non-hydrogen) atoms. The molecule has 0 aromatic carbocycles. The van der Waals surface area contributed by atoms with Gasteiger partial charge in [-0.2, -0.15) is 0 Å². The third-order valence-corrected chi connectivity index (χ3v) is 3.23. The van der Waals surface area contributed by atoms with E-state index in [2.05, 4.69) is 17.9 Å². The molecule has 1 fully saturated rings. The fourth-order valence-corrected chi connectivity index (χ4v) is 2.21. The minimum atomic E-state index is 0.394. The van der Waals surface area contributed by atoms with E-state index in [1.165, 1.54) is 32.4 Å². The molecule has 0 saturated carbocycles. The van der Waals surface area contributed by atoms with Gasteiger partial charge in [-0.3, -0.25) is 4.90 Å². The van der Waals surface area contributed by atoms with Gasteiger partial charge < -0.3 is 10.2 Å². The third-order valence-electron chi connectivity index (χ3n) is 3.23. The fraction of sp³-hybridized carbons (Fsp3) is 0.667. The number of furan rings is 1. The average Bonchev–Trinajstić information content (AvgIpc) is 2.78. The summed E-state index contributed by atoms with van der Waals surface area (Å²) in [5, 5.41) is 0. The molecule has 1 unspecified atom stereocenters. The third kappa shape index (κ3) is 2.41. The highest BCUT2D eigenvalue weighted by Crippen LogP contribution is 2.25. The summed E-state index contributed by atoms with van der Waals surface area (Å²) in [4.78, 5) is 2.49. The van der Waals surface area contributed by atoms with Gasteiger partial charge in [0, 0.05) is 0 Å². The van der Waals surface area contributed by atoms with Gasteiger partial charge in [0.15, 0.2) is 0 Å². The van der Waals surface area contributed by atoms with Crippen molar-refractivity contribution in [2.75, 3.05) is 13.1 Å². The first kappa shape index (κ1) is 10.7. The van der Waals surface area contributed by atoms with E-state index in [0.29, 0.717) is 12.6 Å². The molecule has 1 saturated heterocycles. The summed E-state index contributed by atoms with van der Waals surface area (Å²) in [5.74, 6) is 1.94. The molecule has 1 aliphatic rings. The van der Waals surface area contributed by atoms with E-state index in [0.717, 1.165) is 11.5 Å². The van der Waals surface area contributed by atoms with Crippen LogP contribution in [0.3, 0.4) is 0 Å². The van der Waals surface area contributed by atoms with Crippen LogP contribution in [0.2, 0.25) is 0 Å². The second kappa shape index (κ2) is 4.81. The fourth-order valence-electron chi connectivity index (χ4n) is 2.21. The van der Waals surface area contributed by atoms with Crippen molar-refractivity contribution >= 4 is 0 Å². The lowest BCUT2D eigenvalue weighted by Crippen LogP contribution is -2.32. The SMILES string of the molecule is CC(c1ccc(CN)o1)N1CCCCC1. The molecule has 3 nitrogen and oxygen atoms in total. The lowest BCUT2D eigenvalue weighted by Gasteiger charge is -2.31. The quantitative estimate of drug-likeness (QED) is 0.828. The van der Waals surface area contributed by atoms with Crippen molar-refractivity contribution in [1.82, 2.24) is 4.90 Å². The molecule has 0 radical (unpaired) electrons. The van der Waals surface area contributed by atoms with E-state index >= 15 is 0 Å². The van der Waals surface area contributed by atoms with Crippen LogP contribution >= 0.6 is 0 Å². The first-order valence-corrected chi connectivity index (χ1v) is 5.84. The van der Waals surface area contributed by atoms with E-state index in [9.17, 15) is 0 Å². The Balaban J connectivity index is 2.02. The highest BCUT2D eigenvalue weighted by atomic mass is 16.3. The summed E-state index contributed by atoms with van der Waals surface area (Å²) >= 11 is 0. The molecule has 2 rings (SSSR count). The van der Waals surface area contributed by atoms with Crippen LogP contribution in [-0.2, 0) is 6.54 Å². The van der Waals surface area contributed by atoms with E-state index in [-0.39, 0.29) is 0 Å². The maximum absolute atomic E-state index is 5.68. The van der Waals surface area contributed by atoms with Crippen LogP contribution in [0, 0.1) is 0 Å².